The van der Waals surface area contributed by atoms with Crippen LogP contribution in [-0.4, -0.2) is 55.0 Å². The fraction of sp³-hybridized carbons (Fsp3) is 0.400. The molecule has 1 aliphatic rings. The topological polar surface area (TPSA) is 69.7 Å². The summed E-state index contributed by atoms with van der Waals surface area (Å²) in [6, 6.07) is 9.44. The number of rotatable bonds is 5. The molecule has 6 heteroatoms. The number of para-hydroxylation sites is 1. The van der Waals surface area contributed by atoms with Crippen LogP contribution in [0.2, 0.25) is 0 Å². The summed E-state index contributed by atoms with van der Waals surface area (Å²) in [4.78, 5) is 19.6. The third-order valence-corrected chi connectivity index (χ3v) is 3.65. The summed E-state index contributed by atoms with van der Waals surface area (Å²) in [5, 5.41) is 0.942. The summed E-state index contributed by atoms with van der Waals surface area (Å²) in [7, 11) is 0. The van der Waals surface area contributed by atoms with Gasteiger partial charge in [0, 0.05) is 25.0 Å². The number of hydrogen-bond acceptors (Lipinski definition) is 4. The van der Waals surface area contributed by atoms with E-state index in [2.05, 4.69) is 4.90 Å². The largest absolute Gasteiger partial charge is 0.412 e. The van der Waals surface area contributed by atoms with Gasteiger partial charge in [-0.1, -0.05) is 18.2 Å². The minimum atomic E-state index is -0.488. The Morgan fingerprint density at radius 3 is 2.81 bits per heavy atom. The molecule has 1 aromatic heterocycles. The van der Waals surface area contributed by atoms with E-state index < -0.39 is 5.91 Å². The van der Waals surface area contributed by atoms with Gasteiger partial charge < -0.3 is 15.3 Å². The standard InChI is InChI=1S/C15H19N3O3/c16-15(19)14-11-12-3-1-2-4-13(12)18(14)21-10-7-17-5-8-20-9-6-17/h1-4,11H,5-10H2,(H2,16,19). The van der Waals surface area contributed by atoms with Gasteiger partial charge in [0.2, 0.25) is 0 Å². The Bertz CT molecular complexity index is 632. The normalized spacial score (nSPS) is 16.2. The van der Waals surface area contributed by atoms with E-state index in [1.54, 1.807) is 6.07 Å². The van der Waals surface area contributed by atoms with Crippen molar-refractivity contribution < 1.29 is 14.4 Å². The summed E-state index contributed by atoms with van der Waals surface area (Å²) in [6.45, 7) is 4.65. The SMILES string of the molecule is NC(=O)c1cc2ccccc2n1OCCN1CCOCC1. The molecule has 0 unspecified atom stereocenters. The predicted molar refractivity (Wildman–Crippen MR) is 79.2 cm³/mol. The molecule has 1 aliphatic heterocycles. The second kappa shape index (κ2) is 6.15. The zero-order valence-electron chi connectivity index (χ0n) is 11.8. The first-order valence-corrected chi connectivity index (χ1v) is 7.09. The lowest BCUT2D eigenvalue weighted by Gasteiger charge is -2.26. The average molecular weight is 289 g/mol. The Morgan fingerprint density at radius 2 is 2.05 bits per heavy atom. The van der Waals surface area contributed by atoms with Gasteiger partial charge in [-0.05, 0) is 12.1 Å². The molecule has 1 saturated heterocycles. The van der Waals surface area contributed by atoms with Gasteiger partial charge in [-0.2, -0.15) is 4.73 Å². The van der Waals surface area contributed by atoms with E-state index in [9.17, 15) is 4.79 Å². The molecule has 6 nitrogen and oxygen atoms in total. The predicted octanol–water partition coefficient (Wildman–Crippen LogP) is 0.501. The lowest BCUT2D eigenvalue weighted by Crippen LogP contribution is -2.39. The molecular formula is C15H19N3O3. The van der Waals surface area contributed by atoms with Gasteiger partial charge in [-0.25, -0.2) is 0 Å². The molecule has 1 fully saturated rings. The molecule has 0 spiro atoms. The molecule has 0 aliphatic carbocycles. The number of nitrogens with zero attached hydrogens (tertiary/aromatic N) is 2. The lowest BCUT2D eigenvalue weighted by molar-refractivity contribution is 0.0184. The van der Waals surface area contributed by atoms with E-state index in [1.165, 1.54) is 4.73 Å². The van der Waals surface area contributed by atoms with Gasteiger partial charge in [0.15, 0.2) is 0 Å². The van der Waals surface area contributed by atoms with Crippen LogP contribution in [0, 0.1) is 0 Å². The molecule has 2 heterocycles. The highest BCUT2D eigenvalue weighted by atomic mass is 16.7. The number of ether oxygens (including phenoxy) is 1. The number of amides is 1. The number of carbonyl (C=O) groups excluding carboxylic acids is 1. The number of nitrogens with two attached hydrogens (primary N) is 1. The number of carbonyl (C=O) groups is 1. The smallest absolute Gasteiger partial charge is 0.268 e. The molecule has 0 saturated carbocycles. The van der Waals surface area contributed by atoms with Crippen LogP contribution in [0.1, 0.15) is 10.5 Å². The van der Waals surface area contributed by atoms with Gasteiger partial charge in [0.1, 0.15) is 12.3 Å². The quantitative estimate of drug-likeness (QED) is 0.870. The van der Waals surface area contributed by atoms with Crippen molar-refractivity contribution in [2.45, 2.75) is 0 Å². The van der Waals surface area contributed by atoms with Gasteiger partial charge in [0.25, 0.3) is 5.91 Å². The minimum absolute atomic E-state index is 0.373. The second-order valence-electron chi connectivity index (χ2n) is 5.03. The van der Waals surface area contributed by atoms with Crippen LogP contribution < -0.4 is 10.6 Å². The summed E-state index contributed by atoms with van der Waals surface area (Å²) in [6.07, 6.45) is 0. The maximum absolute atomic E-state index is 11.6. The molecule has 2 N–H and O–H groups in total. The maximum atomic E-state index is 11.6. The van der Waals surface area contributed by atoms with E-state index in [1.807, 2.05) is 24.3 Å². The van der Waals surface area contributed by atoms with Gasteiger partial charge >= 0.3 is 0 Å². The number of primary amides is 1. The molecule has 3 rings (SSSR count). The molecule has 1 aromatic carbocycles. The van der Waals surface area contributed by atoms with Crippen LogP contribution in [0.4, 0.5) is 0 Å². The summed E-state index contributed by atoms with van der Waals surface area (Å²) < 4.78 is 6.85. The van der Waals surface area contributed by atoms with Crippen LogP contribution in [-0.2, 0) is 4.74 Å². The highest BCUT2D eigenvalue weighted by Crippen LogP contribution is 2.18. The third kappa shape index (κ3) is 3.01. The van der Waals surface area contributed by atoms with Crippen molar-refractivity contribution in [2.24, 2.45) is 5.73 Å². The molecule has 112 valence electrons. The van der Waals surface area contributed by atoms with Crippen molar-refractivity contribution in [1.82, 2.24) is 9.63 Å². The molecule has 1 amide bonds. The second-order valence-corrected chi connectivity index (χ2v) is 5.03. The van der Waals surface area contributed by atoms with Gasteiger partial charge in [-0.15, -0.1) is 0 Å². The van der Waals surface area contributed by atoms with E-state index >= 15 is 0 Å². The molecule has 0 bridgehead atoms. The summed E-state index contributed by atoms with van der Waals surface area (Å²) in [5.41, 5.74) is 6.65. The fourth-order valence-corrected chi connectivity index (χ4v) is 2.53. The fourth-order valence-electron chi connectivity index (χ4n) is 2.53. The average Bonchev–Trinajstić information content (AvgIpc) is 2.88. The maximum Gasteiger partial charge on any atom is 0.268 e. The Kier molecular flexibility index (Phi) is 4.08. The summed E-state index contributed by atoms with van der Waals surface area (Å²) >= 11 is 0. The van der Waals surface area contributed by atoms with Crippen LogP contribution in [0.5, 0.6) is 0 Å². The van der Waals surface area contributed by atoms with Crippen molar-refractivity contribution in [3.05, 3.63) is 36.0 Å². The molecule has 0 radical (unpaired) electrons. The van der Waals surface area contributed by atoms with Crippen molar-refractivity contribution >= 4 is 16.8 Å². The Morgan fingerprint density at radius 1 is 1.29 bits per heavy atom. The molecular weight excluding hydrogens is 270 g/mol. The van der Waals surface area contributed by atoms with E-state index in [0.29, 0.717) is 12.3 Å². The molecule has 0 atom stereocenters. The number of aromatic nitrogens is 1. The van der Waals surface area contributed by atoms with Gasteiger partial charge in [0.05, 0.1) is 18.7 Å². The number of fused-ring (bicyclic) bond motifs is 1. The van der Waals surface area contributed by atoms with E-state index in [-0.39, 0.29) is 0 Å². The van der Waals surface area contributed by atoms with Crippen molar-refractivity contribution in [2.75, 3.05) is 39.5 Å². The molecule has 2 aromatic rings. The zero-order chi connectivity index (χ0) is 14.7. The highest BCUT2D eigenvalue weighted by molar-refractivity contribution is 5.97. The zero-order valence-corrected chi connectivity index (χ0v) is 11.8. The number of morpholine rings is 1. The van der Waals surface area contributed by atoms with Crippen LogP contribution in [0.3, 0.4) is 0 Å². The van der Waals surface area contributed by atoms with Crippen LogP contribution in [0.25, 0.3) is 10.9 Å². The highest BCUT2D eigenvalue weighted by Gasteiger charge is 2.15. The van der Waals surface area contributed by atoms with Crippen LogP contribution >= 0.6 is 0 Å². The van der Waals surface area contributed by atoms with E-state index in [0.717, 1.165) is 43.8 Å². The number of benzene rings is 1. The molecule has 21 heavy (non-hydrogen) atoms. The monoisotopic (exact) mass is 289 g/mol. The Balaban J connectivity index is 1.72. The Hall–Kier alpha value is -2.05. The van der Waals surface area contributed by atoms with Crippen molar-refractivity contribution in [1.29, 1.82) is 0 Å². The lowest BCUT2D eigenvalue weighted by atomic mass is 10.2. The first-order valence-electron chi connectivity index (χ1n) is 7.09. The first-order chi connectivity index (χ1) is 10.3. The van der Waals surface area contributed by atoms with Crippen LogP contribution in [0.15, 0.2) is 30.3 Å². The Labute approximate surface area is 123 Å². The van der Waals surface area contributed by atoms with Crippen molar-refractivity contribution in [3.63, 3.8) is 0 Å². The number of hydrogen-bond donors (Lipinski definition) is 1. The van der Waals surface area contributed by atoms with Crippen molar-refractivity contribution in [3.8, 4) is 0 Å². The minimum Gasteiger partial charge on any atom is -0.412 e. The van der Waals surface area contributed by atoms with E-state index in [4.69, 9.17) is 15.3 Å². The first kappa shape index (κ1) is 13.9. The third-order valence-electron chi connectivity index (χ3n) is 3.65. The summed E-state index contributed by atoms with van der Waals surface area (Å²) in [5.74, 6) is -0.488. The van der Waals surface area contributed by atoms with Gasteiger partial charge in [-0.3, -0.25) is 9.69 Å².